The lowest BCUT2D eigenvalue weighted by Gasteiger charge is -2.08. The molecule has 0 saturated heterocycles. The van der Waals surface area contributed by atoms with Gasteiger partial charge in [0.2, 0.25) is 5.89 Å². The maximum absolute atomic E-state index is 12.4. The number of aromatic nitrogens is 4. The number of nitrogens with zero attached hydrogens (tertiary/aromatic N) is 4. The minimum Gasteiger partial charge on any atom is -0.401 e. The molecule has 0 fully saturated rings. The fourth-order valence-corrected chi connectivity index (χ4v) is 3.29. The zero-order chi connectivity index (χ0) is 18.4. The largest absolute Gasteiger partial charge is 0.401 e. The van der Waals surface area contributed by atoms with Crippen molar-refractivity contribution in [2.45, 2.75) is 6.92 Å². The van der Waals surface area contributed by atoms with Gasteiger partial charge in [0.25, 0.3) is 0 Å². The van der Waals surface area contributed by atoms with Gasteiger partial charge in [-0.05, 0) is 52.7 Å². The molecular weight excluding hydrogens is 443 g/mol. The van der Waals surface area contributed by atoms with E-state index < -0.39 is 5.63 Å². The number of fused-ring (bicyclic) bond motifs is 1. The highest BCUT2D eigenvalue weighted by atomic mass is 79.9. The summed E-state index contributed by atoms with van der Waals surface area (Å²) in [7, 11) is 0. The second-order valence-electron chi connectivity index (χ2n) is 5.45. The van der Waals surface area contributed by atoms with Gasteiger partial charge in [0.05, 0.1) is 15.9 Å². The molecule has 0 atom stereocenters. The minimum atomic E-state index is -0.513. The number of halogens is 3. The van der Waals surface area contributed by atoms with E-state index in [0.29, 0.717) is 42.6 Å². The quantitative estimate of drug-likeness (QED) is 0.437. The molecule has 0 N–H and O–H groups in total. The maximum Gasteiger partial charge on any atom is 0.347 e. The first-order valence-electron chi connectivity index (χ1n) is 7.42. The second-order valence-corrected chi connectivity index (χ2v) is 7.07. The molecule has 0 radical (unpaired) electrons. The van der Waals surface area contributed by atoms with E-state index in [2.05, 4.69) is 31.0 Å². The SMILES string of the molecule is Cc1c(Cl)ccc2c(=O)oc(-c3cc(Br)nn3-c3ncccc3Cl)nc12. The van der Waals surface area contributed by atoms with E-state index in [4.69, 9.17) is 27.6 Å². The molecule has 4 rings (SSSR count). The van der Waals surface area contributed by atoms with Crippen LogP contribution in [0.4, 0.5) is 0 Å². The molecule has 9 heteroatoms. The van der Waals surface area contributed by atoms with Crippen LogP contribution in [-0.4, -0.2) is 19.7 Å². The van der Waals surface area contributed by atoms with Gasteiger partial charge in [0.1, 0.15) is 10.3 Å². The molecule has 0 aliphatic heterocycles. The Morgan fingerprint density at radius 1 is 1.19 bits per heavy atom. The standard InChI is InChI=1S/C17H9BrCl2N4O2/c1-8-10(19)5-4-9-14(8)22-16(26-17(9)25)12-7-13(18)23-24(12)15-11(20)3-2-6-21-15/h2-7H,1H3. The highest BCUT2D eigenvalue weighted by Gasteiger charge is 2.19. The number of pyridine rings is 1. The first-order valence-corrected chi connectivity index (χ1v) is 8.97. The van der Waals surface area contributed by atoms with Gasteiger partial charge in [-0.2, -0.15) is 5.10 Å². The molecule has 130 valence electrons. The second kappa shape index (κ2) is 6.50. The summed E-state index contributed by atoms with van der Waals surface area (Å²) in [5, 5.41) is 5.60. The molecule has 0 saturated carbocycles. The molecule has 0 aliphatic rings. The number of aryl methyl sites for hydroxylation is 1. The predicted octanol–water partition coefficient (Wildman–Crippen LogP) is 4.81. The Morgan fingerprint density at radius 3 is 2.77 bits per heavy atom. The molecule has 0 aliphatic carbocycles. The van der Waals surface area contributed by atoms with Crippen LogP contribution in [0.1, 0.15) is 5.56 Å². The molecule has 1 aromatic carbocycles. The summed E-state index contributed by atoms with van der Waals surface area (Å²) in [5.74, 6) is 0.481. The average molecular weight is 452 g/mol. The predicted molar refractivity (Wildman–Crippen MR) is 103 cm³/mol. The van der Waals surface area contributed by atoms with Gasteiger partial charge in [0.15, 0.2) is 5.82 Å². The number of hydrogen-bond acceptors (Lipinski definition) is 5. The van der Waals surface area contributed by atoms with Gasteiger partial charge < -0.3 is 4.42 Å². The van der Waals surface area contributed by atoms with Gasteiger partial charge in [-0.25, -0.2) is 19.4 Å². The first kappa shape index (κ1) is 17.2. The van der Waals surface area contributed by atoms with Gasteiger partial charge in [0, 0.05) is 17.3 Å². The van der Waals surface area contributed by atoms with Crippen LogP contribution in [0.25, 0.3) is 28.3 Å². The summed E-state index contributed by atoms with van der Waals surface area (Å²) < 4.78 is 7.40. The highest BCUT2D eigenvalue weighted by Crippen LogP contribution is 2.29. The third kappa shape index (κ3) is 2.82. The monoisotopic (exact) mass is 450 g/mol. The van der Waals surface area contributed by atoms with Crippen LogP contribution in [0.5, 0.6) is 0 Å². The summed E-state index contributed by atoms with van der Waals surface area (Å²) >= 11 is 15.7. The molecule has 3 aromatic heterocycles. The Morgan fingerprint density at radius 2 is 2.00 bits per heavy atom. The fourth-order valence-electron chi connectivity index (χ4n) is 2.56. The summed E-state index contributed by atoms with van der Waals surface area (Å²) in [6.07, 6.45) is 1.59. The van der Waals surface area contributed by atoms with E-state index in [1.807, 2.05) is 0 Å². The highest BCUT2D eigenvalue weighted by molar-refractivity contribution is 9.10. The third-order valence-electron chi connectivity index (χ3n) is 3.83. The Balaban J connectivity index is 2.02. The van der Waals surface area contributed by atoms with Gasteiger partial charge in [-0.1, -0.05) is 23.2 Å². The van der Waals surface area contributed by atoms with E-state index in [9.17, 15) is 4.79 Å². The summed E-state index contributed by atoms with van der Waals surface area (Å²) in [6, 6.07) is 8.31. The van der Waals surface area contributed by atoms with Crippen LogP contribution in [0.15, 0.2) is 50.3 Å². The Labute approximate surface area is 165 Å². The zero-order valence-electron chi connectivity index (χ0n) is 13.2. The minimum absolute atomic E-state index is 0.0905. The van der Waals surface area contributed by atoms with E-state index in [1.165, 1.54) is 4.68 Å². The van der Waals surface area contributed by atoms with Gasteiger partial charge in [-0.3, -0.25) is 0 Å². The summed E-state index contributed by atoms with van der Waals surface area (Å²) in [5.41, 5.74) is 1.08. The summed E-state index contributed by atoms with van der Waals surface area (Å²) in [4.78, 5) is 21.2. The topological polar surface area (TPSA) is 73.8 Å². The van der Waals surface area contributed by atoms with Crippen LogP contribution >= 0.6 is 39.1 Å². The van der Waals surface area contributed by atoms with E-state index in [-0.39, 0.29) is 5.89 Å². The van der Waals surface area contributed by atoms with Gasteiger partial charge >= 0.3 is 5.63 Å². The molecule has 0 bridgehead atoms. The molecule has 3 heterocycles. The number of hydrogen-bond donors (Lipinski definition) is 0. The lowest BCUT2D eigenvalue weighted by Crippen LogP contribution is -2.08. The van der Waals surface area contributed by atoms with Crippen LogP contribution in [0, 0.1) is 6.92 Å². The lowest BCUT2D eigenvalue weighted by molar-refractivity contribution is 0.513. The molecule has 0 unspecified atom stereocenters. The van der Waals surface area contributed by atoms with E-state index in [0.717, 1.165) is 0 Å². The first-order chi connectivity index (χ1) is 12.5. The van der Waals surface area contributed by atoms with Gasteiger partial charge in [-0.15, -0.1) is 0 Å². The van der Waals surface area contributed by atoms with Crippen molar-refractivity contribution in [3.8, 4) is 17.4 Å². The maximum atomic E-state index is 12.4. The molecule has 26 heavy (non-hydrogen) atoms. The molecule has 0 spiro atoms. The zero-order valence-corrected chi connectivity index (χ0v) is 16.3. The summed E-state index contributed by atoms with van der Waals surface area (Å²) in [6.45, 7) is 1.80. The van der Waals surface area contributed by atoms with Crippen molar-refractivity contribution in [2.24, 2.45) is 0 Å². The molecule has 0 amide bonds. The normalized spacial score (nSPS) is 11.2. The van der Waals surface area contributed by atoms with E-state index >= 15 is 0 Å². The fraction of sp³-hybridized carbons (Fsp3) is 0.0588. The van der Waals surface area contributed by atoms with Crippen molar-refractivity contribution in [3.63, 3.8) is 0 Å². The van der Waals surface area contributed by atoms with Crippen LogP contribution in [0.2, 0.25) is 10.0 Å². The van der Waals surface area contributed by atoms with Crippen molar-refractivity contribution < 1.29 is 4.42 Å². The van der Waals surface area contributed by atoms with Crippen LogP contribution in [-0.2, 0) is 0 Å². The van der Waals surface area contributed by atoms with Crippen LogP contribution in [0.3, 0.4) is 0 Å². The molecular formula is C17H9BrCl2N4O2. The lowest BCUT2D eigenvalue weighted by atomic mass is 10.1. The molecule has 4 aromatic rings. The number of benzene rings is 1. The Hall–Kier alpha value is -2.22. The van der Waals surface area contributed by atoms with Crippen molar-refractivity contribution in [1.29, 1.82) is 0 Å². The third-order valence-corrected chi connectivity index (χ3v) is 4.92. The van der Waals surface area contributed by atoms with Crippen LogP contribution < -0.4 is 5.63 Å². The Bertz CT molecular complexity index is 1220. The van der Waals surface area contributed by atoms with Crippen molar-refractivity contribution >= 4 is 50.0 Å². The van der Waals surface area contributed by atoms with Crippen molar-refractivity contribution in [2.75, 3.05) is 0 Å². The average Bonchev–Trinajstić information content (AvgIpc) is 3.00. The molecule has 6 nitrogen and oxygen atoms in total. The van der Waals surface area contributed by atoms with Crippen molar-refractivity contribution in [1.82, 2.24) is 19.7 Å². The van der Waals surface area contributed by atoms with E-state index in [1.54, 1.807) is 43.5 Å². The number of rotatable bonds is 2. The van der Waals surface area contributed by atoms with Crippen molar-refractivity contribution in [3.05, 3.63) is 67.2 Å². The Kier molecular flexibility index (Phi) is 4.30. The smallest absolute Gasteiger partial charge is 0.347 e.